The van der Waals surface area contributed by atoms with Crippen molar-refractivity contribution < 1.29 is 9.18 Å². The van der Waals surface area contributed by atoms with Gasteiger partial charge >= 0.3 is 0 Å². The zero-order valence-corrected chi connectivity index (χ0v) is 11.6. The van der Waals surface area contributed by atoms with E-state index in [9.17, 15) is 9.18 Å². The van der Waals surface area contributed by atoms with Crippen molar-refractivity contribution in [3.05, 3.63) is 34.1 Å². The lowest BCUT2D eigenvalue weighted by atomic mass is 9.93. The number of nitrogens with zero attached hydrogens (tertiary/aromatic N) is 1. The van der Waals surface area contributed by atoms with Gasteiger partial charge in [-0.25, -0.2) is 4.39 Å². The lowest BCUT2D eigenvalue weighted by Crippen LogP contribution is -2.30. The molecular weight excluding hydrogens is 285 g/mol. The van der Waals surface area contributed by atoms with Crippen LogP contribution in [0.15, 0.2) is 22.7 Å². The molecule has 2 nitrogen and oxygen atoms in total. The van der Waals surface area contributed by atoms with Crippen molar-refractivity contribution >= 4 is 21.8 Å². The lowest BCUT2D eigenvalue weighted by Gasteiger charge is -2.20. The summed E-state index contributed by atoms with van der Waals surface area (Å²) < 4.78 is 13.4. The van der Waals surface area contributed by atoms with Gasteiger partial charge in [0.25, 0.3) is 5.91 Å². The maximum Gasteiger partial charge on any atom is 0.253 e. The fraction of sp³-hybridized carbons (Fsp3) is 0.462. The highest BCUT2D eigenvalue weighted by molar-refractivity contribution is 9.10. The average Bonchev–Trinajstić information content (AvgIpc) is 2.62. The Morgan fingerprint density at radius 1 is 1.47 bits per heavy atom. The second-order valence-electron chi connectivity index (χ2n) is 5.27. The Kier molecular flexibility index (Phi) is 3.25. The standard InChI is InChI=1S/C13H15BrFNO/c1-13(2)5-6-16(8-13)12(17)9-3-4-11(15)10(14)7-9/h3-4,7H,5-6,8H2,1-2H3. The van der Waals surface area contributed by atoms with Crippen LogP contribution in [-0.2, 0) is 0 Å². The van der Waals surface area contributed by atoms with E-state index in [0.717, 1.165) is 19.5 Å². The monoisotopic (exact) mass is 299 g/mol. The van der Waals surface area contributed by atoms with Gasteiger partial charge in [0.05, 0.1) is 4.47 Å². The van der Waals surface area contributed by atoms with Crippen LogP contribution in [0.3, 0.4) is 0 Å². The first-order valence-corrected chi connectivity index (χ1v) is 6.43. The molecule has 2 rings (SSSR count). The van der Waals surface area contributed by atoms with Crippen LogP contribution >= 0.6 is 15.9 Å². The second-order valence-corrected chi connectivity index (χ2v) is 6.12. The molecule has 92 valence electrons. The van der Waals surface area contributed by atoms with Gasteiger partial charge in [-0.2, -0.15) is 0 Å². The number of benzene rings is 1. The second kappa shape index (κ2) is 4.41. The highest BCUT2D eigenvalue weighted by Crippen LogP contribution is 2.30. The predicted molar refractivity (Wildman–Crippen MR) is 68.4 cm³/mol. The first-order valence-electron chi connectivity index (χ1n) is 5.63. The summed E-state index contributed by atoms with van der Waals surface area (Å²) in [5.41, 5.74) is 0.725. The normalized spacial score (nSPS) is 18.5. The Morgan fingerprint density at radius 3 is 2.71 bits per heavy atom. The molecular formula is C13H15BrFNO. The first kappa shape index (κ1) is 12.6. The molecule has 0 aromatic heterocycles. The summed E-state index contributed by atoms with van der Waals surface area (Å²) in [6.07, 6.45) is 1.01. The van der Waals surface area contributed by atoms with Crippen molar-refractivity contribution in [2.45, 2.75) is 20.3 Å². The molecule has 0 N–H and O–H groups in total. The van der Waals surface area contributed by atoms with Gasteiger partial charge in [-0.3, -0.25) is 4.79 Å². The molecule has 0 bridgehead atoms. The summed E-state index contributed by atoms with van der Waals surface area (Å²) in [6.45, 7) is 5.85. The maximum atomic E-state index is 13.1. The molecule has 17 heavy (non-hydrogen) atoms. The van der Waals surface area contributed by atoms with Gasteiger partial charge in [-0.05, 0) is 46.0 Å². The van der Waals surface area contributed by atoms with E-state index < -0.39 is 0 Å². The molecule has 1 heterocycles. The van der Waals surface area contributed by atoms with Crippen molar-refractivity contribution in [2.75, 3.05) is 13.1 Å². The van der Waals surface area contributed by atoms with E-state index in [2.05, 4.69) is 29.8 Å². The van der Waals surface area contributed by atoms with Crippen LogP contribution in [0, 0.1) is 11.2 Å². The van der Waals surface area contributed by atoms with E-state index in [1.165, 1.54) is 12.1 Å². The molecule has 0 spiro atoms. The molecule has 1 aliphatic heterocycles. The number of rotatable bonds is 1. The summed E-state index contributed by atoms with van der Waals surface area (Å²) in [6, 6.07) is 4.40. The highest BCUT2D eigenvalue weighted by Gasteiger charge is 2.32. The highest BCUT2D eigenvalue weighted by atomic mass is 79.9. The number of carbonyl (C=O) groups is 1. The van der Waals surface area contributed by atoms with E-state index in [1.54, 1.807) is 6.07 Å². The molecule has 1 amide bonds. The summed E-state index contributed by atoms with van der Waals surface area (Å²) in [7, 11) is 0. The van der Waals surface area contributed by atoms with Crippen LogP contribution in [0.5, 0.6) is 0 Å². The molecule has 0 atom stereocenters. The molecule has 0 aliphatic carbocycles. The average molecular weight is 300 g/mol. The molecule has 1 aromatic rings. The van der Waals surface area contributed by atoms with Crippen molar-refractivity contribution in [2.24, 2.45) is 5.41 Å². The third-order valence-corrected chi connectivity index (χ3v) is 3.74. The zero-order valence-electron chi connectivity index (χ0n) is 9.96. The van der Waals surface area contributed by atoms with Gasteiger partial charge in [0.1, 0.15) is 5.82 Å². The van der Waals surface area contributed by atoms with Gasteiger partial charge in [-0.15, -0.1) is 0 Å². The molecule has 0 radical (unpaired) electrons. The summed E-state index contributed by atoms with van der Waals surface area (Å²) in [4.78, 5) is 14.0. The number of likely N-dealkylation sites (tertiary alicyclic amines) is 1. The van der Waals surface area contributed by atoms with E-state index in [4.69, 9.17) is 0 Å². The number of amides is 1. The van der Waals surface area contributed by atoms with Gasteiger partial charge in [-0.1, -0.05) is 13.8 Å². The number of halogens is 2. The Hall–Kier alpha value is -0.900. The van der Waals surface area contributed by atoms with Crippen LogP contribution in [0.2, 0.25) is 0 Å². The molecule has 1 fully saturated rings. The van der Waals surface area contributed by atoms with E-state index in [-0.39, 0.29) is 17.1 Å². The Balaban J connectivity index is 2.18. The minimum atomic E-state index is -0.344. The molecule has 0 unspecified atom stereocenters. The largest absolute Gasteiger partial charge is 0.338 e. The topological polar surface area (TPSA) is 20.3 Å². The minimum absolute atomic E-state index is 0.0173. The molecule has 1 aromatic carbocycles. The maximum absolute atomic E-state index is 13.1. The number of hydrogen-bond donors (Lipinski definition) is 0. The first-order chi connectivity index (χ1) is 7.89. The fourth-order valence-corrected chi connectivity index (χ4v) is 2.48. The van der Waals surface area contributed by atoms with Crippen LogP contribution < -0.4 is 0 Å². The smallest absolute Gasteiger partial charge is 0.253 e. The van der Waals surface area contributed by atoms with Gasteiger partial charge in [0.2, 0.25) is 0 Å². The lowest BCUT2D eigenvalue weighted by molar-refractivity contribution is 0.0778. The third-order valence-electron chi connectivity index (χ3n) is 3.13. The molecule has 4 heteroatoms. The van der Waals surface area contributed by atoms with Crippen molar-refractivity contribution in [1.82, 2.24) is 4.90 Å². The number of carbonyl (C=O) groups excluding carboxylic acids is 1. The van der Waals surface area contributed by atoms with E-state index in [1.807, 2.05) is 4.90 Å². The SMILES string of the molecule is CC1(C)CCN(C(=O)c2ccc(F)c(Br)c2)C1. The summed E-state index contributed by atoms with van der Waals surface area (Å²) in [5, 5.41) is 0. The van der Waals surface area contributed by atoms with Crippen molar-refractivity contribution in [3.63, 3.8) is 0 Å². The van der Waals surface area contributed by atoms with Crippen molar-refractivity contribution in [1.29, 1.82) is 0 Å². The van der Waals surface area contributed by atoms with E-state index >= 15 is 0 Å². The van der Waals surface area contributed by atoms with Gasteiger partial charge < -0.3 is 4.90 Å². The predicted octanol–water partition coefficient (Wildman–Crippen LogP) is 3.46. The van der Waals surface area contributed by atoms with Crippen LogP contribution in [0.4, 0.5) is 4.39 Å². The Labute approximate surface area is 109 Å². The van der Waals surface area contributed by atoms with Gasteiger partial charge in [0, 0.05) is 18.7 Å². The Morgan fingerprint density at radius 2 is 2.18 bits per heavy atom. The third kappa shape index (κ3) is 2.68. The van der Waals surface area contributed by atoms with Crippen LogP contribution in [-0.4, -0.2) is 23.9 Å². The van der Waals surface area contributed by atoms with E-state index in [0.29, 0.717) is 10.0 Å². The number of hydrogen-bond acceptors (Lipinski definition) is 1. The van der Waals surface area contributed by atoms with Crippen molar-refractivity contribution in [3.8, 4) is 0 Å². The fourth-order valence-electron chi connectivity index (χ4n) is 2.10. The molecule has 1 aliphatic rings. The minimum Gasteiger partial charge on any atom is -0.338 e. The molecule has 0 saturated carbocycles. The zero-order chi connectivity index (χ0) is 12.6. The van der Waals surface area contributed by atoms with Gasteiger partial charge in [0.15, 0.2) is 0 Å². The van der Waals surface area contributed by atoms with Crippen LogP contribution in [0.1, 0.15) is 30.6 Å². The quantitative estimate of drug-likeness (QED) is 0.778. The summed E-state index contributed by atoms with van der Waals surface area (Å²) in [5.74, 6) is -0.362. The molecule has 1 saturated heterocycles. The van der Waals surface area contributed by atoms with Crippen LogP contribution in [0.25, 0.3) is 0 Å². The Bertz CT molecular complexity index is 459. The summed E-state index contributed by atoms with van der Waals surface area (Å²) >= 11 is 3.10.